The predicted molar refractivity (Wildman–Crippen MR) is 87.6 cm³/mol. The minimum Gasteiger partial charge on any atom is -0.508 e. The van der Waals surface area contributed by atoms with Crippen LogP contribution in [0.3, 0.4) is 0 Å². The molecule has 0 unspecified atom stereocenters. The highest BCUT2D eigenvalue weighted by Crippen LogP contribution is 2.17. The minimum absolute atomic E-state index is 0.0654. The number of carboxylic acids is 1. The lowest BCUT2D eigenvalue weighted by atomic mass is 10.1. The molecule has 0 atom stereocenters. The average molecular weight is 338 g/mol. The number of nitrogens with one attached hydrogen (secondary N) is 1. The van der Waals surface area contributed by atoms with Gasteiger partial charge in [0.15, 0.2) is 0 Å². The monoisotopic (exact) mass is 338 g/mol. The molecule has 0 saturated carbocycles. The highest BCUT2D eigenvalue weighted by molar-refractivity contribution is 5.98. The molecule has 1 amide bonds. The van der Waals surface area contributed by atoms with Crippen LogP contribution in [-0.2, 0) is 6.54 Å². The molecule has 0 saturated heterocycles. The van der Waals surface area contributed by atoms with Crippen LogP contribution in [0.15, 0.2) is 55.1 Å². The van der Waals surface area contributed by atoms with Gasteiger partial charge in [-0.05, 0) is 29.8 Å². The Morgan fingerprint density at radius 2 is 1.88 bits per heavy atom. The van der Waals surface area contributed by atoms with Gasteiger partial charge in [0.2, 0.25) is 0 Å². The van der Waals surface area contributed by atoms with E-state index < -0.39 is 11.9 Å². The molecule has 3 rings (SSSR count). The van der Waals surface area contributed by atoms with Crippen LogP contribution in [0, 0.1) is 0 Å². The first-order valence-corrected chi connectivity index (χ1v) is 7.33. The molecule has 25 heavy (non-hydrogen) atoms. The number of carboxylic acid groups (broad SMARTS) is 1. The summed E-state index contributed by atoms with van der Waals surface area (Å²) in [5, 5.41) is 25.4. The molecule has 0 aliphatic rings. The second kappa shape index (κ2) is 6.83. The summed E-state index contributed by atoms with van der Waals surface area (Å²) in [6, 6.07) is 10.9. The molecule has 1 heterocycles. The van der Waals surface area contributed by atoms with Gasteiger partial charge in [0.05, 0.1) is 11.3 Å². The molecule has 0 spiro atoms. The number of rotatable bonds is 5. The summed E-state index contributed by atoms with van der Waals surface area (Å²) in [5.74, 6) is -2.00. The maximum atomic E-state index is 12.3. The highest BCUT2D eigenvalue weighted by Gasteiger charge is 2.13. The zero-order valence-corrected chi connectivity index (χ0v) is 13.0. The maximum absolute atomic E-state index is 12.3. The Hall–Kier alpha value is -3.68. The van der Waals surface area contributed by atoms with Gasteiger partial charge in [-0.2, -0.15) is 5.10 Å². The molecule has 8 nitrogen and oxygen atoms in total. The van der Waals surface area contributed by atoms with Crippen LogP contribution in [0.5, 0.6) is 5.75 Å². The Morgan fingerprint density at radius 1 is 1.12 bits per heavy atom. The molecule has 0 radical (unpaired) electrons. The number of phenolic OH excluding ortho intramolecular Hbond substituents is 1. The van der Waals surface area contributed by atoms with Crippen LogP contribution in [0.4, 0.5) is 0 Å². The van der Waals surface area contributed by atoms with Gasteiger partial charge in [-0.1, -0.05) is 18.2 Å². The Bertz CT molecular complexity index is 922. The molecule has 0 aliphatic carbocycles. The first kappa shape index (κ1) is 16.2. The highest BCUT2D eigenvalue weighted by atomic mass is 16.4. The number of aromatic hydroxyl groups is 1. The van der Waals surface area contributed by atoms with Crippen molar-refractivity contribution in [1.82, 2.24) is 20.1 Å². The van der Waals surface area contributed by atoms with Gasteiger partial charge in [0.25, 0.3) is 5.91 Å². The van der Waals surface area contributed by atoms with Crippen LogP contribution < -0.4 is 5.32 Å². The average Bonchev–Trinajstić information content (AvgIpc) is 3.13. The number of benzene rings is 2. The summed E-state index contributed by atoms with van der Waals surface area (Å²) in [5.41, 5.74) is 1.48. The number of hydrogen-bond donors (Lipinski definition) is 3. The molecule has 0 bridgehead atoms. The van der Waals surface area contributed by atoms with Crippen LogP contribution >= 0.6 is 0 Å². The molecule has 3 N–H and O–H groups in total. The van der Waals surface area contributed by atoms with Crippen molar-refractivity contribution < 1.29 is 19.8 Å². The molecular formula is C17H14N4O4. The fraction of sp³-hybridized carbons (Fsp3) is 0.0588. The van der Waals surface area contributed by atoms with Crippen molar-refractivity contribution in [3.8, 4) is 11.4 Å². The summed E-state index contributed by atoms with van der Waals surface area (Å²) < 4.78 is 1.58. The first-order chi connectivity index (χ1) is 12.0. The summed E-state index contributed by atoms with van der Waals surface area (Å²) >= 11 is 0. The second-order valence-corrected chi connectivity index (χ2v) is 5.23. The number of phenols is 1. The Balaban J connectivity index is 1.79. The lowest BCUT2D eigenvalue weighted by Gasteiger charge is -2.11. The number of nitrogens with zero attached hydrogens (tertiary/aromatic N) is 3. The van der Waals surface area contributed by atoms with Gasteiger partial charge in [0, 0.05) is 12.1 Å². The summed E-state index contributed by atoms with van der Waals surface area (Å²) in [6.45, 7) is 0.201. The van der Waals surface area contributed by atoms with Crippen molar-refractivity contribution in [1.29, 1.82) is 0 Å². The number of hydrogen-bond acceptors (Lipinski definition) is 5. The van der Waals surface area contributed by atoms with E-state index in [2.05, 4.69) is 15.4 Å². The third-order valence-corrected chi connectivity index (χ3v) is 3.52. The number of aromatic carboxylic acids is 1. The van der Waals surface area contributed by atoms with E-state index in [0.29, 0.717) is 0 Å². The quantitative estimate of drug-likeness (QED) is 0.650. The number of carbonyl (C=O) groups excluding carboxylic acids is 1. The Morgan fingerprint density at radius 3 is 2.60 bits per heavy atom. The van der Waals surface area contributed by atoms with E-state index in [0.717, 1.165) is 17.3 Å². The molecule has 2 aromatic carbocycles. The van der Waals surface area contributed by atoms with E-state index >= 15 is 0 Å². The Labute approximate surface area is 142 Å². The van der Waals surface area contributed by atoms with Crippen molar-refractivity contribution in [3.63, 3.8) is 0 Å². The van der Waals surface area contributed by atoms with Crippen LogP contribution in [-0.4, -0.2) is 36.9 Å². The topological polar surface area (TPSA) is 117 Å². The zero-order chi connectivity index (χ0) is 17.8. The lowest BCUT2D eigenvalue weighted by molar-refractivity contribution is 0.0696. The van der Waals surface area contributed by atoms with Gasteiger partial charge in [0.1, 0.15) is 18.4 Å². The van der Waals surface area contributed by atoms with Crippen LogP contribution in [0.1, 0.15) is 26.3 Å². The van der Waals surface area contributed by atoms with Crippen molar-refractivity contribution in [2.24, 2.45) is 0 Å². The largest absolute Gasteiger partial charge is 0.508 e. The zero-order valence-electron chi connectivity index (χ0n) is 13.0. The standard InChI is InChI=1S/C17H14N4O4/c22-14-6-12(5-13(7-14)17(24)25)16(23)19-8-11-3-1-2-4-15(11)21-10-18-9-20-21/h1-7,9-10,22H,8H2,(H,19,23)(H,24,25). The smallest absolute Gasteiger partial charge is 0.335 e. The van der Waals surface area contributed by atoms with Gasteiger partial charge in [-0.15, -0.1) is 0 Å². The second-order valence-electron chi connectivity index (χ2n) is 5.23. The van der Waals surface area contributed by atoms with E-state index in [1.54, 1.807) is 11.0 Å². The molecule has 0 fully saturated rings. The minimum atomic E-state index is -1.22. The van der Waals surface area contributed by atoms with Crippen molar-refractivity contribution in [2.75, 3.05) is 0 Å². The van der Waals surface area contributed by atoms with E-state index in [1.165, 1.54) is 18.5 Å². The van der Waals surface area contributed by atoms with Gasteiger partial charge in [-0.25, -0.2) is 14.5 Å². The lowest BCUT2D eigenvalue weighted by Crippen LogP contribution is -2.24. The van der Waals surface area contributed by atoms with E-state index in [4.69, 9.17) is 5.11 Å². The van der Waals surface area contributed by atoms with Crippen LogP contribution in [0.25, 0.3) is 5.69 Å². The molecule has 0 aliphatic heterocycles. The van der Waals surface area contributed by atoms with Crippen LogP contribution in [0.2, 0.25) is 0 Å². The predicted octanol–water partition coefficient (Wildman–Crippen LogP) is 1.60. The molecule has 3 aromatic rings. The molecular weight excluding hydrogens is 324 g/mol. The van der Waals surface area contributed by atoms with E-state index in [9.17, 15) is 14.7 Å². The normalized spacial score (nSPS) is 10.4. The molecule has 8 heteroatoms. The fourth-order valence-electron chi connectivity index (χ4n) is 2.36. The van der Waals surface area contributed by atoms with Gasteiger partial charge in [-0.3, -0.25) is 4.79 Å². The summed E-state index contributed by atoms with van der Waals surface area (Å²) in [4.78, 5) is 27.2. The van der Waals surface area contributed by atoms with E-state index in [1.807, 2.05) is 24.3 Å². The number of aromatic nitrogens is 3. The van der Waals surface area contributed by atoms with Gasteiger partial charge >= 0.3 is 5.97 Å². The summed E-state index contributed by atoms with van der Waals surface area (Å²) in [7, 11) is 0. The fourth-order valence-corrected chi connectivity index (χ4v) is 2.36. The van der Waals surface area contributed by atoms with Crippen molar-refractivity contribution in [3.05, 3.63) is 71.8 Å². The number of carbonyl (C=O) groups is 2. The Kier molecular flexibility index (Phi) is 4.42. The number of amides is 1. The third kappa shape index (κ3) is 3.63. The van der Waals surface area contributed by atoms with Crippen molar-refractivity contribution in [2.45, 2.75) is 6.54 Å². The van der Waals surface area contributed by atoms with E-state index in [-0.39, 0.29) is 23.4 Å². The first-order valence-electron chi connectivity index (χ1n) is 7.33. The van der Waals surface area contributed by atoms with Crippen molar-refractivity contribution >= 4 is 11.9 Å². The number of para-hydroxylation sites is 1. The SMILES string of the molecule is O=C(O)c1cc(O)cc(C(=O)NCc2ccccc2-n2cncn2)c1. The molecule has 1 aromatic heterocycles. The third-order valence-electron chi connectivity index (χ3n) is 3.52. The van der Waals surface area contributed by atoms with Gasteiger partial charge < -0.3 is 15.5 Å². The maximum Gasteiger partial charge on any atom is 0.335 e. The molecule has 126 valence electrons. The summed E-state index contributed by atoms with van der Waals surface area (Å²) in [6.07, 6.45) is 2.96.